The number of thiazole rings is 1. The molecule has 0 fully saturated rings. The van der Waals surface area contributed by atoms with Crippen LogP contribution in [0.2, 0.25) is 0 Å². The second-order valence-corrected chi connectivity index (χ2v) is 5.95. The number of carbonyl (C=O) groups is 2. The van der Waals surface area contributed by atoms with Crippen molar-refractivity contribution in [3.8, 4) is 5.75 Å². The van der Waals surface area contributed by atoms with Crippen LogP contribution in [-0.4, -0.2) is 28.1 Å². The van der Waals surface area contributed by atoms with E-state index in [0.29, 0.717) is 5.13 Å². The van der Waals surface area contributed by atoms with E-state index in [9.17, 15) is 14.7 Å². The van der Waals surface area contributed by atoms with Crippen LogP contribution in [0.3, 0.4) is 0 Å². The molecule has 0 aliphatic carbocycles. The number of nitrogens with zero attached hydrogens (tertiary/aromatic N) is 1. The first kappa shape index (κ1) is 16.0. The number of phenols is 1. The molecular formula is C15H16N2O4S. The largest absolute Gasteiger partial charge is 0.508 e. The van der Waals surface area contributed by atoms with Gasteiger partial charge in [-0.15, -0.1) is 11.3 Å². The Hall–Kier alpha value is -2.41. The Kier molecular flexibility index (Phi) is 4.77. The molecule has 1 aromatic carbocycles. The van der Waals surface area contributed by atoms with Gasteiger partial charge in [-0.3, -0.25) is 10.1 Å². The molecular weight excluding hydrogens is 304 g/mol. The molecule has 7 heteroatoms. The molecule has 0 spiro atoms. The predicted octanol–water partition coefficient (Wildman–Crippen LogP) is 2.65. The lowest BCUT2D eigenvalue weighted by molar-refractivity contribution is -0.123. The fourth-order valence-corrected chi connectivity index (χ4v) is 2.47. The van der Waals surface area contributed by atoms with Crippen molar-refractivity contribution in [2.45, 2.75) is 26.9 Å². The maximum absolute atomic E-state index is 12.0. The quantitative estimate of drug-likeness (QED) is 0.846. The van der Waals surface area contributed by atoms with Crippen LogP contribution in [0.1, 0.15) is 27.9 Å². The van der Waals surface area contributed by atoms with E-state index < -0.39 is 18.0 Å². The summed E-state index contributed by atoms with van der Waals surface area (Å²) in [7, 11) is 0. The monoisotopic (exact) mass is 320 g/mol. The molecule has 2 rings (SSSR count). The number of esters is 1. The summed E-state index contributed by atoms with van der Waals surface area (Å²) >= 11 is 1.36. The van der Waals surface area contributed by atoms with Crippen LogP contribution >= 0.6 is 11.3 Å². The molecule has 6 nitrogen and oxygen atoms in total. The van der Waals surface area contributed by atoms with Crippen LogP contribution < -0.4 is 5.32 Å². The Morgan fingerprint density at radius 1 is 1.36 bits per heavy atom. The molecule has 116 valence electrons. The number of hydrogen-bond donors (Lipinski definition) is 2. The Balaban J connectivity index is 1.97. The Bertz CT molecular complexity index is 692. The van der Waals surface area contributed by atoms with Gasteiger partial charge in [0.25, 0.3) is 5.91 Å². The summed E-state index contributed by atoms with van der Waals surface area (Å²) in [6, 6.07) is 5.75. The number of aryl methyl sites for hydroxylation is 2. The van der Waals surface area contributed by atoms with Crippen molar-refractivity contribution in [1.82, 2.24) is 4.98 Å². The number of ether oxygens (including phenoxy) is 1. The average molecular weight is 320 g/mol. The maximum atomic E-state index is 12.0. The molecule has 0 unspecified atom stereocenters. The van der Waals surface area contributed by atoms with E-state index in [-0.39, 0.29) is 11.3 Å². The van der Waals surface area contributed by atoms with Gasteiger partial charge in [0.15, 0.2) is 11.2 Å². The molecule has 1 heterocycles. The van der Waals surface area contributed by atoms with E-state index in [4.69, 9.17) is 4.74 Å². The van der Waals surface area contributed by atoms with Gasteiger partial charge in [0.2, 0.25) is 0 Å². The molecule has 0 aliphatic heterocycles. The smallest absolute Gasteiger partial charge is 0.339 e. The van der Waals surface area contributed by atoms with E-state index >= 15 is 0 Å². The van der Waals surface area contributed by atoms with Crippen molar-refractivity contribution in [2.24, 2.45) is 0 Å². The maximum Gasteiger partial charge on any atom is 0.339 e. The van der Waals surface area contributed by atoms with Crippen LogP contribution in [0.25, 0.3) is 0 Å². The van der Waals surface area contributed by atoms with Gasteiger partial charge in [-0.25, -0.2) is 9.78 Å². The fraction of sp³-hybridized carbons (Fsp3) is 0.267. The van der Waals surface area contributed by atoms with Crippen molar-refractivity contribution in [2.75, 3.05) is 5.32 Å². The minimum atomic E-state index is -0.973. The number of aromatic hydroxyl groups is 1. The van der Waals surface area contributed by atoms with Gasteiger partial charge in [0.1, 0.15) is 5.75 Å². The van der Waals surface area contributed by atoms with Crippen LogP contribution in [0, 0.1) is 13.8 Å². The number of carbonyl (C=O) groups excluding carboxylic acids is 2. The van der Waals surface area contributed by atoms with Crippen LogP contribution in [0.4, 0.5) is 5.13 Å². The van der Waals surface area contributed by atoms with E-state index in [1.54, 1.807) is 0 Å². The first-order valence-electron chi connectivity index (χ1n) is 6.61. The first-order valence-corrected chi connectivity index (χ1v) is 7.43. The number of rotatable bonds is 4. The highest BCUT2D eigenvalue weighted by molar-refractivity contribution is 7.15. The van der Waals surface area contributed by atoms with E-state index in [1.165, 1.54) is 42.5 Å². The average Bonchev–Trinajstić information content (AvgIpc) is 2.77. The Labute approximate surface area is 131 Å². The molecule has 0 radical (unpaired) electrons. The molecule has 1 amide bonds. The molecule has 1 atom stereocenters. The highest BCUT2D eigenvalue weighted by Gasteiger charge is 2.20. The van der Waals surface area contributed by atoms with Crippen LogP contribution in [0.5, 0.6) is 5.75 Å². The van der Waals surface area contributed by atoms with E-state index in [1.807, 2.05) is 13.8 Å². The lowest BCUT2D eigenvalue weighted by Gasteiger charge is -2.12. The van der Waals surface area contributed by atoms with Gasteiger partial charge in [-0.2, -0.15) is 0 Å². The van der Waals surface area contributed by atoms with Crippen molar-refractivity contribution in [3.05, 3.63) is 40.4 Å². The number of amides is 1. The predicted molar refractivity (Wildman–Crippen MR) is 83.2 cm³/mol. The topological polar surface area (TPSA) is 88.5 Å². The fourth-order valence-electron chi connectivity index (χ4n) is 1.65. The van der Waals surface area contributed by atoms with Crippen molar-refractivity contribution >= 4 is 28.3 Å². The van der Waals surface area contributed by atoms with Crippen molar-refractivity contribution in [3.63, 3.8) is 0 Å². The van der Waals surface area contributed by atoms with E-state index in [0.717, 1.165) is 10.6 Å². The summed E-state index contributed by atoms with van der Waals surface area (Å²) in [4.78, 5) is 29.1. The van der Waals surface area contributed by atoms with Crippen molar-refractivity contribution < 1.29 is 19.4 Å². The molecule has 0 bridgehead atoms. The number of anilines is 1. The van der Waals surface area contributed by atoms with Gasteiger partial charge < -0.3 is 9.84 Å². The Morgan fingerprint density at radius 3 is 2.68 bits per heavy atom. The zero-order valence-corrected chi connectivity index (χ0v) is 13.2. The summed E-state index contributed by atoms with van der Waals surface area (Å²) in [6.07, 6.45) is -0.973. The molecule has 2 aromatic rings. The zero-order chi connectivity index (χ0) is 16.3. The lowest BCUT2D eigenvalue weighted by atomic mass is 10.2. The summed E-state index contributed by atoms with van der Waals surface area (Å²) in [6.45, 7) is 5.24. The van der Waals surface area contributed by atoms with Gasteiger partial charge >= 0.3 is 5.97 Å². The number of aromatic nitrogens is 1. The SMILES string of the molecule is Cc1nc(NC(=O)[C@H](C)OC(=O)c2cccc(O)c2)sc1C. The lowest BCUT2D eigenvalue weighted by Crippen LogP contribution is -2.29. The molecule has 0 saturated heterocycles. The number of benzene rings is 1. The molecule has 22 heavy (non-hydrogen) atoms. The summed E-state index contributed by atoms with van der Waals surface area (Å²) < 4.78 is 5.08. The van der Waals surface area contributed by atoms with Crippen molar-refractivity contribution in [1.29, 1.82) is 0 Å². The third-order valence-electron chi connectivity index (χ3n) is 2.99. The minimum Gasteiger partial charge on any atom is -0.508 e. The minimum absolute atomic E-state index is 0.0414. The van der Waals surface area contributed by atoms with E-state index in [2.05, 4.69) is 10.3 Å². The molecule has 1 aromatic heterocycles. The molecule has 0 saturated carbocycles. The van der Waals surface area contributed by atoms with Crippen LogP contribution in [0.15, 0.2) is 24.3 Å². The summed E-state index contributed by atoms with van der Waals surface area (Å²) in [5, 5.41) is 12.4. The first-order chi connectivity index (χ1) is 10.4. The molecule has 2 N–H and O–H groups in total. The second-order valence-electron chi connectivity index (χ2n) is 4.75. The van der Waals surface area contributed by atoms with Gasteiger partial charge in [0.05, 0.1) is 11.3 Å². The zero-order valence-electron chi connectivity index (χ0n) is 12.4. The van der Waals surface area contributed by atoms with Gasteiger partial charge in [-0.1, -0.05) is 6.07 Å². The highest BCUT2D eigenvalue weighted by Crippen LogP contribution is 2.21. The van der Waals surface area contributed by atoms with Gasteiger partial charge in [-0.05, 0) is 39.0 Å². The number of phenolic OH excluding ortho intramolecular Hbond substituents is 1. The normalized spacial score (nSPS) is 11.8. The Morgan fingerprint density at radius 2 is 2.09 bits per heavy atom. The standard InChI is InChI=1S/C15H16N2O4S/c1-8-10(3)22-15(16-8)17-13(19)9(2)21-14(20)11-5-4-6-12(18)7-11/h4-7,9,18H,1-3H3,(H,16,17,19)/t9-/m0/s1. The third kappa shape index (κ3) is 3.82. The highest BCUT2D eigenvalue weighted by atomic mass is 32.1. The van der Waals surface area contributed by atoms with Crippen LogP contribution in [-0.2, 0) is 9.53 Å². The number of hydrogen-bond acceptors (Lipinski definition) is 6. The second kappa shape index (κ2) is 6.57. The van der Waals surface area contributed by atoms with Gasteiger partial charge in [0, 0.05) is 4.88 Å². The number of nitrogens with one attached hydrogen (secondary N) is 1. The molecule has 0 aliphatic rings. The summed E-state index contributed by atoms with van der Waals surface area (Å²) in [5.74, 6) is -1.17. The third-order valence-corrected chi connectivity index (χ3v) is 3.98. The summed E-state index contributed by atoms with van der Waals surface area (Å²) in [5.41, 5.74) is 1.03.